The Kier molecular flexibility index (Phi) is 3.70. The highest BCUT2D eigenvalue weighted by atomic mass is 16.5. The highest BCUT2D eigenvalue weighted by molar-refractivity contribution is 5.93. The van der Waals surface area contributed by atoms with Gasteiger partial charge in [-0.05, 0) is 20.0 Å². The monoisotopic (exact) mass is 307 g/mol. The summed E-state index contributed by atoms with van der Waals surface area (Å²) in [5, 5.41) is 2.64. The molecule has 2 amide bonds. The molecule has 7 nitrogen and oxygen atoms in total. The zero-order valence-electron chi connectivity index (χ0n) is 13.1. The molecule has 7 heteroatoms. The van der Waals surface area contributed by atoms with E-state index in [4.69, 9.17) is 9.15 Å². The van der Waals surface area contributed by atoms with E-state index in [1.807, 2.05) is 18.9 Å². The van der Waals surface area contributed by atoms with Gasteiger partial charge >= 0.3 is 0 Å². The summed E-state index contributed by atoms with van der Waals surface area (Å²) in [6.45, 7) is 3.88. The molecule has 1 N–H and O–H groups in total. The highest BCUT2D eigenvalue weighted by Gasteiger charge is 2.51. The SMILES string of the molecule is CNC(=O)C1COC2(CN(C(=O)c3occc3C)C2)CN1C. The van der Waals surface area contributed by atoms with E-state index in [-0.39, 0.29) is 23.5 Å². The molecule has 1 unspecified atom stereocenters. The smallest absolute Gasteiger partial charge is 0.290 e. The Morgan fingerprint density at radius 3 is 2.64 bits per heavy atom. The summed E-state index contributed by atoms with van der Waals surface area (Å²) in [5.74, 6) is 0.242. The molecule has 0 aromatic carbocycles. The second kappa shape index (κ2) is 5.40. The predicted molar refractivity (Wildman–Crippen MR) is 78.5 cm³/mol. The van der Waals surface area contributed by atoms with Crippen molar-refractivity contribution in [2.45, 2.75) is 18.6 Å². The highest BCUT2D eigenvalue weighted by Crippen LogP contribution is 2.32. The van der Waals surface area contributed by atoms with Gasteiger partial charge in [0.1, 0.15) is 11.6 Å². The number of ether oxygens (including phenoxy) is 1. The average Bonchev–Trinajstić information content (AvgIpc) is 2.89. The van der Waals surface area contributed by atoms with Gasteiger partial charge in [-0.15, -0.1) is 0 Å². The fourth-order valence-electron chi connectivity index (χ4n) is 3.16. The van der Waals surface area contributed by atoms with Crippen LogP contribution in [0.4, 0.5) is 0 Å². The summed E-state index contributed by atoms with van der Waals surface area (Å²) in [7, 11) is 3.53. The zero-order valence-corrected chi connectivity index (χ0v) is 13.1. The van der Waals surface area contributed by atoms with Crippen LogP contribution in [0.5, 0.6) is 0 Å². The molecule has 3 heterocycles. The molecule has 2 aliphatic rings. The normalized spacial score (nSPS) is 24.1. The Morgan fingerprint density at radius 2 is 2.09 bits per heavy atom. The molecule has 2 aliphatic heterocycles. The summed E-state index contributed by atoms with van der Waals surface area (Å²) < 4.78 is 11.2. The first kappa shape index (κ1) is 15.1. The Bertz CT molecular complexity index is 591. The second-order valence-corrected chi connectivity index (χ2v) is 6.13. The number of amides is 2. The van der Waals surface area contributed by atoms with Gasteiger partial charge in [0.25, 0.3) is 5.91 Å². The van der Waals surface area contributed by atoms with Crippen LogP contribution in [0.15, 0.2) is 16.7 Å². The van der Waals surface area contributed by atoms with Crippen molar-refractivity contribution in [1.29, 1.82) is 0 Å². The Labute approximate surface area is 129 Å². The number of furan rings is 1. The number of rotatable bonds is 2. The number of likely N-dealkylation sites (N-methyl/N-ethyl adjacent to an activating group) is 2. The quantitative estimate of drug-likeness (QED) is 0.823. The van der Waals surface area contributed by atoms with Gasteiger partial charge in [-0.25, -0.2) is 0 Å². The lowest BCUT2D eigenvalue weighted by molar-refractivity contribution is -0.187. The molecule has 1 spiro atoms. The van der Waals surface area contributed by atoms with Crippen LogP contribution in [0.1, 0.15) is 16.1 Å². The van der Waals surface area contributed by atoms with Crippen LogP contribution in [0.3, 0.4) is 0 Å². The third kappa shape index (κ3) is 2.40. The van der Waals surface area contributed by atoms with E-state index in [1.165, 1.54) is 6.26 Å². The second-order valence-electron chi connectivity index (χ2n) is 6.13. The molecule has 0 bridgehead atoms. The van der Waals surface area contributed by atoms with Gasteiger partial charge in [-0.1, -0.05) is 0 Å². The van der Waals surface area contributed by atoms with Crippen molar-refractivity contribution in [2.24, 2.45) is 0 Å². The number of nitrogens with zero attached hydrogens (tertiary/aromatic N) is 2. The maximum Gasteiger partial charge on any atom is 0.290 e. The number of aryl methyl sites for hydroxylation is 1. The molecule has 2 fully saturated rings. The van der Waals surface area contributed by atoms with Gasteiger partial charge in [-0.3, -0.25) is 14.5 Å². The third-order valence-corrected chi connectivity index (χ3v) is 4.47. The van der Waals surface area contributed by atoms with Crippen molar-refractivity contribution in [3.8, 4) is 0 Å². The Balaban J connectivity index is 1.60. The predicted octanol–water partition coefficient (Wildman–Crippen LogP) is -0.141. The number of carbonyl (C=O) groups is 2. The molecular weight excluding hydrogens is 286 g/mol. The number of likely N-dealkylation sites (tertiary alicyclic amines) is 1. The van der Waals surface area contributed by atoms with E-state index in [0.29, 0.717) is 32.0 Å². The zero-order chi connectivity index (χ0) is 15.9. The minimum Gasteiger partial charge on any atom is -0.459 e. The minimum atomic E-state index is -0.366. The van der Waals surface area contributed by atoms with Crippen LogP contribution < -0.4 is 5.32 Å². The molecule has 22 heavy (non-hydrogen) atoms. The van der Waals surface area contributed by atoms with E-state index >= 15 is 0 Å². The van der Waals surface area contributed by atoms with Crippen LogP contribution in [-0.4, -0.2) is 73.6 Å². The fourth-order valence-corrected chi connectivity index (χ4v) is 3.16. The molecule has 1 atom stereocenters. The summed E-state index contributed by atoms with van der Waals surface area (Å²) in [6, 6.07) is 1.51. The first-order valence-electron chi connectivity index (χ1n) is 7.35. The molecule has 0 saturated carbocycles. The molecule has 3 rings (SSSR count). The van der Waals surface area contributed by atoms with Crippen molar-refractivity contribution in [3.05, 3.63) is 23.7 Å². The minimum absolute atomic E-state index is 0.0455. The third-order valence-electron chi connectivity index (χ3n) is 4.47. The van der Waals surface area contributed by atoms with Gasteiger partial charge in [0.2, 0.25) is 5.91 Å². The van der Waals surface area contributed by atoms with Crippen molar-refractivity contribution in [1.82, 2.24) is 15.1 Å². The fraction of sp³-hybridized carbons (Fsp3) is 0.600. The molecule has 2 saturated heterocycles. The summed E-state index contributed by atoms with van der Waals surface area (Å²) in [5.41, 5.74) is 0.474. The van der Waals surface area contributed by atoms with Gasteiger partial charge in [0, 0.05) is 19.2 Å². The first-order chi connectivity index (χ1) is 10.5. The number of nitrogens with one attached hydrogen (secondary N) is 1. The summed E-state index contributed by atoms with van der Waals surface area (Å²) in [6.07, 6.45) is 1.52. The maximum atomic E-state index is 12.3. The summed E-state index contributed by atoms with van der Waals surface area (Å²) in [4.78, 5) is 27.8. The van der Waals surface area contributed by atoms with Crippen LogP contribution in [-0.2, 0) is 9.53 Å². The molecule has 120 valence electrons. The van der Waals surface area contributed by atoms with Gasteiger partial charge in [-0.2, -0.15) is 0 Å². The van der Waals surface area contributed by atoms with E-state index in [0.717, 1.165) is 5.56 Å². The lowest BCUT2D eigenvalue weighted by Crippen LogP contribution is -2.73. The Morgan fingerprint density at radius 1 is 1.36 bits per heavy atom. The number of hydrogen-bond donors (Lipinski definition) is 1. The lowest BCUT2D eigenvalue weighted by atomic mass is 9.90. The topological polar surface area (TPSA) is 75.0 Å². The van der Waals surface area contributed by atoms with Crippen molar-refractivity contribution in [2.75, 3.05) is 40.3 Å². The number of hydrogen-bond acceptors (Lipinski definition) is 5. The van der Waals surface area contributed by atoms with Crippen LogP contribution in [0.2, 0.25) is 0 Å². The van der Waals surface area contributed by atoms with E-state index in [9.17, 15) is 9.59 Å². The molecule has 1 aromatic rings. The molecule has 0 radical (unpaired) electrons. The molecule has 1 aromatic heterocycles. The van der Waals surface area contributed by atoms with E-state index < -0.39 is 0 Å². The van der Waals surface area contributed by atoms with Gasteiger partial charge in [0.05, 0.1) is 26.0 Å². The summed E-state index contributed by atoms with van der Waals surface area (Å²) >= 11 is 0. The number of carbonyl (C=O) groups excluding carboxylic acids is 2. The standard InChI is InChI=1S/C15H21N3O4/c1-10-4-5-21-12(10)14(20)18-8-15(9-18)7-17(3)11(6-22-15)13(19)16-2/h4-5,11H,6-9H2,1-3H3,(H,16,19). The van der Waals surface area contributed by atoms with Crippen molar-refractivity contribution >= 4 is 11.8 Å². The van der Waals surface area contributed by atoms with Crippen LogP contribution >= 0.6 is 0 Å². The molecule has 0 aliphatic carbocycles. The van der Waals surface area contributed by atoms with Gasteiger partial charge < -0.3 is 19.4 Å². The number of morpholine rings is 1. The largest absolute Gasteiger partial charge is 0.459 e. The van der Waals surface area contributed by atoms with Crippen LogP contribution in [0, 0.1) is 6.92 Å². The first-order valence-corrected chi connectivity index (χ1v) is 7.35. The van der Waals surface area contributed by atoms with Crippen LogP contribution in [0.25, 0.3) is 0 Å². The average molecular weight is 307 g/mol. The molecular formula is C15H21N3O4. The maximum absolute atomic E-state index is 12.3. The van der Waals surface area contributed by atoms with Crippen molar-refractivity contribution < 1.29 is 18.7 Å². The van der Waals surface area contributed by atoms with E-state index in [1.54, 1.807) is 18.0 Å². The van der Waals surface area contributed by atoms with Crippen molar-refractivity contribution in [3.63, 3.8) is 0 Å². The van der Waals surface area contributed by atoms with E-state index in [2.05, 4.69) is 5.32 Å². The van der Waals surface area contributed by atoms with Gasteiger partial charge in [0.15, 0.2) is 5.76 Å². The lowest BCUT2D eigenvalue weighted by Gasteiger charge is -2.54. The Hall–Kier alpha value is -1.86.